The number of hydrogen-bond acceptors (Lipinski definition) is 2. The fourth-order valence-corrected chi connectivity index (χ4v) is 1.66. The molecule has 0 fully saturated rings. The van der Waals surface area contributed by atoms with E-state index in [9.17, 15) is 0 Å². The summed E-state index contributed by atoms with van der Waals surface area (Å²) in [7, 11) is 0. The molecule has 0 aliphatic heterocycles. The van der Waals surface area contributed by atoms with Gasteiger partial charge in [-0.2, -0.15) is 0 Å². The second-order valence-corrected chi connectivity index (χ2v) is 3.07. The van der Waals surface area contributed by atoms with Crippen LogP contribution in [0.1, 0.15) is 30.0 Å². The maximum Gasteiger partial charge on any atom is 0.0318 e. The lowest BCUT2D eigenvalue weighted by atomic mass is 9.90. The van der Waals surface area contributed by atoms with E-state index in [0.717, 1.165) is 6.42 Å². The second-order valence-electron chi connectivity index (χ2n) is 3.07. The van der Waals surface area contributed by atoms with Gasteiger partial charge in [0.05, 0.1) is 0 Å². The topological polar surface area (TPSA) is 38.9 Å². The van der Waals surface area contributed by atoms with E-state index in [1.165, 1.54) is 24.0 Å². The first-order valence-corrected chi connectivity index (χ1v) is 4.06. The third-order valence-electron chi connectivity index (χ3n) is 2.31. The van der Waals surface area contributed by atoms with Crippen molar-refractivity contribution in [2.75, 3.05) is 0 Å². The lowest BCUT2D eigenvalue weighted by Crippen LogP contribution is -2.17. The molecule has 1 aromatic heterocycles. The van der Waals surface area contributed by atoms with Crippen LogP contribution in [-0.2, 0) is 6.42 Å². The number of halogens is 1. The van der Waals surface area contributed by atoms with Gasteiger partial charge in [0.15, 0.2) is 0 Å². The van der Waals surface area contributed by atoms with E-state index < -0.39 is 0 Å². The Balaban J connectivity index is 0.000000720. The van der Waals surface area contributed by atoms with Gasteiger partial charge in [-0.05, 0) is 36.5 Å². The molecule has 1 aliphatic rings. The predicted molar refractivity (Wildman–Crippen MR) is 51.4 cm³/mol. The minimum atomic E-state index is 0. The molecule has 0 amide bonds. The van der Waals surface area contributed by atoms with Crippen molar-refractivity contribution in [2.45, 2.75) is 25.3 Å². The summed E-state index contributed by atoms with van der Waals surface area (Å²) in [5.41, 5.74) is 8.54. The Labute approximate surface area is 78.6 Å². The van der Waals surface area contributed by atoms with Gasteiger partial charge in [0, 0.05) is 18.4 Å². The highest BCUT2D eigenvalue weighted by molar-refractivity contribution is 5.85. The zero-order valence-electron chi connectivity index (χ0n) is 6.86. The average molecular weight is 185 g/mol. The molecule has 0 saturated heterocycles. The molecular weight excluding hydrogens is 172 g/mol. The molecule has 2 rings (SSSR count). The smallest absolute Gasteiger partial charge is 0.0318 e. The zero-order chi connectivity index (χ0) is 7.68. The third kappa shape index (κ3) is 1.59. The molecule has 1 heterocycles. The van der Waals surface area contributed by atoms with Crippen LogP contribution in [0.2, 0.25) is 0 Å². The van der Waals surface area contributed by atoms with E-state index >= 15 is 0 Å². The number of fused-ring (bicyclic) bond motifs is 1. The second kappa shape index (κ2) is 3.87. The number of hydrogen-bond donors (Lipinski definition) is 1. The van der Waals surface area contributed by atoms with E-state index in [1.54, 1.807) is 0 Å². The fraction of sp³-hybridized carbons (Fsp3) is 0.444. The Morgan fingerprint density at radius 2 is 2.33 bits per heavy atom. The standard InChI is InChI=1S/C9H12N2.ClH/c10-9-3-1-2-7-4-5-11-6-8(7)9;/h4-6,9H,1-3,10H2;1H/t9-;/m0./s1. The maximum absolute atomic E-state index is 5.91. The maximum atomic E-state index is 5.91. The lowest BCUT2D eigenvalue weighted by Gasteiger charge is -2.20. The molecule has 2 nitrogen and oxygen atoms in total. The highest BCUT2D eigenvalue weighted by atomic mass is 35.5. The van der Waals surface area contributed by atoms with Crippen molar-refractivity contribution in [2.24, 2.45) is 5.73 Å². The summed E-state index contributed by atoms with van der Waals surface area (Å²) >= 11 is 0. The number of pyridine rings is 1. The number of nitrogens with two attached hydrogens (primary N) is 1. The van der Waals surface area contributed by atoms with Crippen molar-refractivity contribution >= 4 is 12.4 Å². The van der Waals surface area contributed by atoms with E-state index in [-0.39, 0.29) is 18.4 Å². The summed E-state index contributed by atoms with van der Waals surface area (Å²) in [6.45, 7) is 0. The van der Waals surface area contributed by atoms with Crippen molar-refractivity contribution in [3.63, 3.8) is 0 Å². The molecule has 0 aromatic carbocycles. The molecule has 0 spiro atoms. The van der Waals surface area contributed by atoms with E-state index in [1.807, 2.05) is 12.4 Å². The fourth-order valence-electron chi connectivity index (χ4n) is 1.66. The van der Waals surface area contributed by atoms with Crippen molar-refractivity contribution in [3.05, 3.63) is 29.6 Å². The highest BCUT2D eigenvalue weighted by Gasteiger charge is 2.15. The number of aromatic nitrogens is 1. The molecule has 0 radical (unpaired) electrons. The van der Waals surface area contributed by atoms with Crippen LogP contribution in [0.5, 0.6) is 0 Å². The Bertz CT molecular complexity index is 262. The summed E-state index contributed by atoms with van der Waals surface area (Å²) in [6, 6.07) is 2.31. The van der Waals surface area contributed by atoms with Crippen molar-refractivity contribution in [1.82, 2.24) is 4.98 Å². The average Bonchev–Trinajstić information content (AvgIpc) is 2.06. The van der Waals surface area contributed by atoms with Crippen molar-refractivity contribution in [3.8, 4) is 0 Å². The van der Waals surface area contributed by atoms with Gasteiger partial charge in [-0.25, -0.2) is 0 Å². The Morgan fingerprint density at radius 1 is 1.50 bits per heavy atom. The largest absolute Gasteiger partial charge is 0.324 e. The van der Waals surface area contributed by atoms with Gasteiger partial charge >= 0.3 is 0 Å². The number of rotatable bonds is 0. The van der Waals surface area contributed by atoms with Gasteiger partial charge in [0.1, 0.15) is 0 Å². The summed E-state index contributed by atoms with van der Waals surface area (Å²) in [6.07, 6.45) is 7.25. The van der Waals surface area contributed by atoms with Crippen LogP contribution in [-0.4, -0.2) is 4.98 Å². The van der Waals surface area contributed by atoms with E-state index in [2.05, 4.69) is 11.1 Å². The monoisotopic (exact) mass is 184 g/mol. The third-order valence-corrected chi connectivity index (χ3v) is 2.31. The zero-order valence-corrected chi connectivity index (χ0v) is 7.68. The van der Waals surface area contributed by atoms with Crippen LogP contribution in [0.4, 0.5) is 0 Å². The molecule has 2 N–H and O–H groups in total. The molecule has 0 saturated carbocycles. The normalized spacial score (nSPS) is 20.9. The van der Waals surface area contributed by atoms with E-state index in [4.69, 9.17) is 5.73 Å². The quantitative estimate of drug-likeness (QED) is 0.669. The molecule has 1 atom stereocenters. The summed E-state index contributed by atoms with van der Waals surface area (Å²) in [4.78, 5) is 4.07. The minimum Gasteiger partial charge on any atom is -0.324 e. The minimum absolute atomic E-state index is 0. The van der Waals surface area contributed by atoms with Crippen LogP contribution < -0.4 is 5.73 Å². The molecule has 66 valence electrons. The molecule has 1 aromatic rings. The van der Waals surface area contributed by atoms with Gasteiger partial charge in [-0.3, -0.25) is 4.98 Å². The van der Waals surface area contributed by atoms with Crippen LogP contribution in [0.15, 0.2) is 18.5 Å². The Hall–Kier alpha value is -0.600. The summed E-state index contributed by atoms with van der Waals surface area (Å²) < 4.78 is 0. The molecule has 0 bridgehead atoms. The molecule has 0 unspecified atom stereocenters. The molecular formula is C9H13ClN2. The summed E-state index contributed by atoms with van der Waals surface area (Å²) in [5, 5.41) is 0. The summed E-state index contributed by atoms with van der Waals surface area (Å²) in [5.74, 6) is 0. The van der Waals surface area contributed by atoms with E-state index in [0.29, 0.717) is 0 Å². The Morgan fingerprint density at radius 3 is 3.08 bits per heavy atom. The number of nitrogens with zero attached hydrogens (tertiary/aromatic N) is 1. The Kier molecular flexibility index (Phi) is 3.06. The number of aryl methyl sites for hydroxylation is 1. The van der Waals surface area contributed by atoms with Gasteiger partial charge in [-0.1, -0.05) is 0 Å². The molecule has 12 heavy (non-hydrogen) atoms. The first-order valence-electron chi connectivity index (χ1n) is 4.06. The van der Waals surface area contributed by atoms with Crippen LogP contribution >= 0.6 is 12.4 Å². The highest BCUT2D eigenvalue weighted by Crippen LogP contribution is 2.26. The van der Waals surface area contributed by atoms with Gasteiger partial charge < -0.3 is 5.73 Å². The first kappa shape index (κ1) is 9.49. The van der Waals surface area contributed by atoms with Crippen LogP contribution in [0, 0.1) is 0 Å². The van der Waals surface area contributed by atoms with Gasteiger partial charge in [0.2, 0.25) is 0 Å². The predicted octanol–water partition coefficient (Wildman–Crippen LogP) is 1.84. The van der Waals surface area contributed by atoms with Gasteiger partial charge in [-0.15, -0.1) is 12.4 Å². The van der Waals surface area contributed by atoms with Crippen LogP contribution in [0.3, 0.4) is 0 Å². The molecule has 1 aliphatic carbocycles. The molecule has 3 heteroatoms. The van der Waals surface area contributed by atoms with Gasteiger partial charge in [0.25, 0.3) is 0 Å². The van der Waals surface area contributed by atoms with Crippen LogP contribution in [0.25, 0.3) is 0 Å². The van der Waals surface area contributed by atoms with Crippen molar-refractivity contribution < 1.29 is 0 Å². The first-order chi connectivity index (χ1) is 5.38. The lowest BCUT2D eigenvalue weighted by molar-refractivity contribution is 0.568. The van der Waals surface area contributed by atoms with Crippen molar-refractivity contribution in [1.29, 1.82) is 0 Å². The SMILES string of the molecule is Cl.N[C@H]1CCCc2ccncc21.